The number of halogens is 1. The number of esters is 1. The maximum atomic E-state index is 13.1. The first-order valence-corrected chi connectivity index (χ1v) is 8.53. The summed E-state index contributed by atoms with van der Waals surface area (Å²) >= 11 is 0. The number of rotatable bonds is 6. The van der Waals surface area contributed by atoms with Gasteiger partial charge in [0.2, 0.25) is 6.10 Å². The third kappa shape index (κ3) is 4.73. The zero-order valence-electron chi connectivity index (χ0n) is 15.1. The molecule has 0 fully saturated rings. The number of benzene rings is 3. The van der Waals surface area contributed by atoms with Crippen LogP contribution in [0.25, 0.3) is 0 Å². The molecule has 0 aromatic heterocycles. The Morgan fingerprint density at radius 1 is 0.929 bits per heavy atom. The summed E-state index contributed by atoms with van der Waals surface area (Å²) in [6.07, 6.45) is -1.18. The number of anilines is 1. The predicted molar refractivity (Wildman–Crippen MR) is 103 cm³/mol. The van der Waals surface area contributed by atoms with Gasteiger partial charge in [-0.3, -0.25) is 4.79 Å². The van der Waals surface area contributed by atoms with Crippen LogP contribution in [0.2, 0.25) is 0 Å². The van der Waals surface area contributed by atoms with Crippen molar-refractivity contribution in [2.45, 2.75) is 6.10 Å². The molecule has 0 heterocycles. The third-order valence-electron chi connectivity index (χ3n) is 3.98. The normalized spacial score (nSPS) is 11.4. The van der Waals surface area contributed by atoms with Crippen LogP contribution in [0.1, 0.15) is 22.0 Å². The van der Waals surface area contributed by atoms with Gasteiger partial charge < -0.3 is 14.8 Å². The summed E-state index contributed by atoms with van der Waals surface area (Å²) in [5.74, 6) is -1.13. The van der Waals surface area contributed by atoms with Crippen molar-refractivity contribution in [2.24, 2.45) is 0 Å². The van der Waals surface area contributed by atoms with E-state index in [1.54, 1.807) is 54.6 Å². The molecule has 0 aliphatic rings. The minimum atomic E-state index is -1.18. The van der Waals surface area contributed by atoms with E-state index in [1.807, 2.05) is 0 Å². The molecule has 1 amide bonds. The molecule has 0 saturated heterocycles. The van der Waals surface area contributed by atoms with E-state index in [0.717, 1.165) is 12.1 Å². The fourth-order valence-corrected chi connectivity index (χ4v) is 2.57. The van der Waals surface area contributed by atoms with Crippen LogP contribution in [0, 0.1) is 5.82 Å². The number of ether oxygens (including phenoxy) is 2. The number of nitrogens with one attached hydrogen (secondary N) is 1. The van der Waals surface area contributed by atoms with Crippen molar-refractivity contribution in [3.8, 4) is 5.75 Å². The average Bonchev–Trinajstić information content (AvgIpc) is 2.73. The molecule has 0 aliphatic carbocycles. The maximum absolute atomic E-state index is 13.1. The highest BCUT2D eigenvalue weighted by Crippen LogP contribution is 2.23. The molecular formula is C22H18FNO4. The molecule has 0 aliphatic heterocycles. The van der Waals surface area contributed by atoms with Crippen molar-refractivity contribution >= 4 is 17.6 Å². The summed E-state index contributed by atoms with van der Waals surface area (Å²) < 4.78 is 23.7. The van der Waals surface area contributed by atoms with Gasteiger partial charge in [-0.15, -0.1) is 0 Å². The Morgan fingerprint density at radius 2 is 1.64 bits per heavy atom. The van der Waals surface area contributed by atoms with Crippen LogP contribution in [0.5, 0.6) is 5.75 Å². The fraction of sp³-hybridized carbons (Fsp3) is 0.0909. The van der Waals surface area contributed by atoms with Crippen molar-refractivity contribution in [3.05, 3.63) is 95.8 Å². The SMILES string of the molecule is COc1cccc(NC(=O)[C@@H](OC(=O)c2ccc(F)cc2)c2ccccc2)c1. The molecule has 1 N–H and O–H groups in total. The Balaban J connectivity index is 1.83. The highest BCUT2D eigenvalue weighted by Gasteiger charge is 2.26. The van der Waals surface area contributed by atoms with E-state index in [1.165, 1.54) is 19.2 Å². The van der Waals surface area contributed by atoms with Crippen LogP contribution < -0.4 is 10.1 Å². The van der Waals surface area contributed by atoms with Crippen LogP contribution >= 0.6 is 0 Å². The zero-order valence-corrected chi connectivity index (χ0v) is 15.1. The van der Waals surface area contributed by atoms with Gasteiger partial charge in [-0.1, -0.05) is 36.4 Å². The minimum absolute atomic E-state index is 0.150. The first-order chi connectivity index (χ1) is 13.6. The van der Waals surface area contributed by atoms with Gasteiger partial charge in [-0.05, 0) is 36.4 Å². The van der Waals surface area contributed by atoms with E-state index >= 15 is 0 Å². The second kappa shape index (κ2) is 8.81. The molecule has 0 spiro atoms. The molecule has 6 heteroatoms. The highest BCUT2D eigenvalue weighted by atomic mass is 19.1. The van der Waals surface area contributed by atoms with Gasteiger partial charge in [0.25, 0.3) is 5.91 Å². The summed E-state index contributed by atoms with van der Waals surface area (Å²) in [5.41, 5.74) is 1.16. The Kier molecular flexibility index (Phi) is 6.01. The monoisotopic (exact) mass is 379 g/mol. The fourth-order valence-electron chi connectivity index (χ4n) is 2.57. The predicted octanol–water partition coefficient (Wildman–Crippen LogP) is 4.37. The summed E-state index contributed by atoms with van der Waals surface area (Å²) in [6.45, 7) is 0. The molecule has 0 bridgehead atoms. The second-order valence-electron chi connectivity index (χ2n) is 5.92. The lowest BCUT2D eigenvalue weighted by Gasteiger charge is -2.18. The first kappa shape index (κ1) is 19.1. The van der Waals surface area contributed by atoms with Crippen LogP contribution in [-0.4, -0.2) is 19.0 Å². The Labute approximate surface area is 161 Å². The zero-order chi connectivity index (χ0) is 19.9. The lowest BCUT2D eigenvalue weighted by Crippen LogP contribution is -2.26. The number of carbonyl (C=O) groups is 2. The van der Waals surface area contributed by atoms with Gasteiger partial charge in [0.05, 0.1) is 12.7 Å². The molecule has 28 heavy (non-hydrogen) atoms. The van der Waals surface area contributed by atoms with Crippen LogP contribution in [0.4, 0.5) is 10.1 Å². The molecule has 5 nitrogen and oxygen atoms in total. The minimum Gasteiger partial charge on any atom is -0.497 e. The van der Waals surface area contributed by atoms with Crippen molar-refractivity contribution in [3.63, 3.8) is 0 Å². The van der Waals surface area contributed by atoms with E-state index in [-0.39, 0.29) is 5.56 Å². The van der Waals surface area contributed by atoms with Gasteiger partial charge >= 0.3 is 5.97 Å². The van der Waals surface area contributed by atoms with E-state index in [2.05, 4.69) is 5.32 Å². The molecule has 1 atom stereocenters. The first-order valence-electron chi connectivity index (χ1n) is 8.53. The molecule has 0 saturated carbocycles. The number of hydrogen-bond acceptors (Lipinski definition) is 4. The van der Waals surface area contributed by atoms with E-state index < -0.39 is 23.8 Å². The van der Waals surface area contributed by atoms with Gasteiger partial charge in [-0.25, -0.2) is 9.18 Å². The Bertz CT molecular complexity index is 958. The van der Waals surface area contributed by atoms with Gasteiger partial charge in [-0.2, -0.15) is 0 Å². The maximum Gasteiger partial charge on any atom is 0.339 e. The third-order valence-corrected chi connectivity index (χ3v) is 3.98. The lowest BCUT2D eigenvalue weighted by molar-refractivity contribution is -0.125. The molecule has 3 rings (SSSR count). The summed E-state index contributed by atoms with van der Waals surface area (Å²) in [7, 11) is 1.53. The lowest BCUT2D eigenvalue weighted by atomic mass is 10.1. The van der Waals surface area contributed by atoms with Crippen molar-refractivity contribution in [2.75, 3.05) is 12.4 Å². The highest BCUT2D eigenvalue weighted by molar-refractivity contribution is 5.98. The van der Waals surface area contributed by atoms with Gasteiger partial charge in [0.1, 0.15) is 11.6 Å². The largest absolute Gasteiger partial charge is 0.497 e. The van der Waals surface area contributed by atoms with Gasteiger partial charge in [0, 0.05) is 17.3 Å². The quantitative estimate of drug-likeness (QED) is 0.646. The standard InChI is InChI=1S/C22H18FNO4/c1-27-19-9-5-8-18(14-19)24-21(25)20(15-6-3-2-4-7-15)28-22(26)16-10-12-17(23)13-11-16/h2-14,20H,1H3,(H,24,25)/t20-/m0/s1. The number of carbonyl (C=O) groups excluding carboxylic acids is 2. The molecule has 142 valence electrons. The van der Waals surface area contributed by atoms with Gasteiger partial charge in [0.15, 0.2) is 0 Å². The number of methoxy groups -OCH3 is 1. The molecular weight excluding hydrogens is 361 g/mol. The van der Waals surface area contributed by atoms with E-state index in [4.69, 9.17) is 9.47 Å². The van der Waals surface area contributed by atoms with E-state index in [9.17, 15) is 14.0 Å². The van der Waals surface area contributed by atoms with Crippen LogP contribution in [0.15, 0.2) is 78.9 Å². The topological polar surface area (TPSA) is 64.6 Å². The van der Waals surface area contributed by atoms with Crippen molar-refractivity contribution < 1.29 is 23.5 Å². The molecule has 3 aromatic rings. The molecule has 3 aromatic carbocycles. The van der Waals surface area contributed by atoms with Crippen LogP contribution in [0.3, 0.4) is 0 Å². The summed E-state index contributed by atoms with van der Waals surface area (Å²) in [5, 5.41) is 2.72. The van der Waals surface area contributed by atoms with Crippen molar-refractivity contribution in [1.82, 2.24) is 0 Å². The average molecular weight is 379 g/mol. The Hall–Kier alpha value is -3.67. The Morgan fingerprint density at radius 3 is 2.32 bits per heavy atom. The van der Waals surface area contributed by atoms with Crippen LogP contribution in [-0.2, 0) is 9.53 Å². The summed E-state index contributed by atoms with van der Waals surface area (Å²) in [6, 6.07) is 20.4. The molecule has 0 radical (unpaired) electrons. The van der Waals surface area contributed by atoms with Crippen molar-refractivity contribution in [1.29, 1.82) is 0 Å². The number of hydrogen-bond donors (Lipinski definition) is 1. The smallest absolute Gasteiger partial charge is 0.339 e. The summed E-state index contributed by atoms with van der Waals surface area (Å²) in [4.78, 5) is 25.3. The van der Waals surface area contributed by atoms with E-state index in [0.29, 0.717) is 17.0 Å². The molecule has 0 unspecified atom stereocenters. The second-order valence-corrected chi connectivity index (χ2v) is 5.92. The number of amides is 1.